The number of urea groups is 1. The number of carbonyl (C=O) groups is 5. The van der Waals surface area contributed by atoms with Gasteiger partial charge in [0.15, 0.2) is 0 Å². The standard InChI is InChI=1S/C46H59N7O5/c1-6-27-53(37-19-12-9-13-20-37)28-26-47-43(55)41(30-34-17-10-8-11-18-34)51-44(56)38(7-2)50-45(57)40(29-32(3)4)49-42(54)31-35-22-24-36(25-23-35)48-46(58)52-39-21-15-14-16-33(39)5/h8-25,32,38,40-41H,6-7,26-31H2,1-5H3,(H,47,55)(H,49,54)(H,50,57)(H,51,56)(H2,48,52,58)/t38?,40-,41-/m0/s1. The zero-order valence-electron chi connectivity index (χ0n) is 34.3. The summed E-state index contributed by atoms with van der Waals surface area (Å²) in [7, 11) is 0. The van der Waals surface area contributed by atoms with Crippen LogP contribution in [0.15, 0.2) is 109 Å². The molecule has 4 rings (SSSR count). The molecule has 0 aliphatic rings. The lowest BCUT2D eigenvalue weighted by Gasteiger charge is -2.27. The van der Waals surface area contributed by atoms with Crippen molar-refractivity contribution < 1.29 is 24.0 Å². The van der Waals surface area contributed by atoms with Gasteiger partial charge in [-0.1, -0.05) is 107 Å². The Hall–Kier alpha value is -6.17. The highest BCUT2D eigenvalue weighted by Gasteiger charge is 2.29. The van der Waals surface area contributed by atoms with Gasteiger partial charge >= 0.3 is 6.03 Å². The summed E-state index contributed by atoms with van der Waals surface area (Å²) in [6, 6.07) is 30.8. The molecule has 58 heavy (non-hydrogen) atoms. The van der Waals surface area contributed by atoms with Crippen LogP contribution in [0.4, 0.5) is 21.9 Å². The van der Waals surface area contributed by atoms with Crippen molar-refractivity contribution >= 4 is 46.7 Å². The fourth-order valence-corrected chi connectivity index (χ4v) is 6.51. The molecule has 6 N–H and O–H groups in total. The van der Waals surface area contributed by atoms with Crippen molar-refractivity contribution in [2.45, 2.75) is 84.8 Å². The fourth-order valence-electron chi connectivity index (χ4n) is 6.51. The van der Waals surface area contributed by atoms with Gasteiger partial charge in [0.1, 0.15) is 18.1 Å². The number of carbonyl (C=O) groups excluding carboxylic acids is 5. The molecular weight excluding hydrogens is 731 g/mol. The van der Waals surface area contributed by atoms with Gasteiger partial charge in [-0.15, -0.1) is 0 Å². The number of hydrogen-bond acceptors (Lipinski definition) is 6. The summed E-state index contributed by atoms with van der Waals surface area (Å²) >= 11 is 0. The Kier molecular flexibility index (Phi) is 17.8. The Morgan fingerprint density at radius 2 is 1.24 bits per heavy atom. The molecule has 6 amide bonds. The van der Waals surface area contributed by atoms with E-state index in [1.807, 2.05) is 106 Å². The number of anilines is 3. The minimum atomic E-state index is -0.939. The van der Waals surface area contributed by atoms with E-state index in [1.165, 1.54) is 0 Å². The van der Waals surface area contributed by atoms with Crippen LogP contribution >= 0.6 is 0 Å². The maximum Gasteiger partial charge on any atom is 0.323 e. The quantitative estimate of drug-likeness (QED) is 0.0576. The molecule has 0 saturated carbocycles. The van der Waals surface area contributed by atoms with Gasteiger partial charge in [-0.3, -0.25) is 19.2 Å². The van der Waals surface area contributed by atoms with E-state index in [0.29, 0.717) is 36.4 Å². The summed E-state index contributed by atoms with van der Waals surface area (Å²) in [4.78, 5) is 69.0. The van der Waals surface area contributed by atoms with Crippen molar-refractivity contribution in [3.8, 4) is 0 Å². The number of nitrogens with zero attached hydrogens (tertiary/aromatic N) is 1. The Morgan fingerprint density at radius 1 is 0.621 bits per heavy atom. The van der Waals surface area contributed by atoms with Crippen LogP contribution in [-0.2, 0) is 32.0 Å². The maximum atomic E-state index is 13.7. The predicted octanol–water partition coefficient (Wildman–Crippen LogP) is 6.37. The normalized spacial score (nSPS) is 12.4. The SMILES string of the molecule is CCCN(CCNC(=O)[C@H](Cc1ccccc1)NC(=O)C(CC)NC(=O)[C@H](CC(C)C)NC(=O)Cc1ccc(NC(=O)Nc2ccccc2C)cc1)c1ccccc1. The lowest BCUT2D eigenvalue weighted by molar-refractivity contribution is -0.133. The first-order valence-corrected chi connectivity index (χ1v) is 20.2. The number of aryl methyl sites for hydroxylation is 1. The van der Waals surface area contributed by atoms with Crippen molar-refractivity contribution in [1.82, 2.24) is 21.3 Å². The first-order valence-electron chi connectivity index (χ1n) is 20.2. The van der Waals surface area contributed by atoms with Crippen LogP contribution in [0.3, 0.4) is 0 Å². The Labute approximate surface area is 342 Å². The second-order valence-electron chi connectivity index (χ2n) is 14.9. The molecule has 0 radical (unpaired) electrons. The third-order valence-corrected chi connectivity index (χ3v) is 9.58. The highest BCUT2D eigenvalue weighted by molar-refractivity contribution is 6.00. The summed E-state index contributed by atoms with van der Waals surface area (Å²) in [5.41, 5.74) is 4.85. The minimum Gasteiger partial charge on any atom is -0.370 e. The van der Waals surface area contributed by atoms with E-state index in [2.05, 4.69) is 43.7 Å². The molecule has 12 heteroatoms. The zero-order chi connectivity index (χ0) is 41.9. The van der Waals surface area contributed by atoms with E-state index < -0.39 is 29.9 Å². The van der Waals surface area contributed by atoms with E-state index in [9.17, 15) is 24.0 Å². The van der Waals surface area contributed by atoms with Crippen molar-refractivity contribution in [2.24, 2.45) is 5.92 Å². The topological polar surface area (TPSA) is 161 Å². The van der Waals surface area contributed by atoms with Crippen molar-refractivity contribution in [1.29, 1.82) is 0 Å². The molecule has 0 spiro atoms. The van der Waals surface area contributed by atoms with Gasteiger partial charge in [-0.05, 0) is 79.1 Å². The minimum absolute atomic E-state index is 0.00703. The Bertz CT molecular complexity index is 1920. The maximum absolute atomic E-state index is 13.7. The number of benzene rings is 4. The summed E-state index contributed by atoms with van der Waals surface area (Å²) in [6.45, 7) is 11.5. The number of hydrogen-bond donors (Lipinski definition) is 6. The lowest BCUT2D eigenvalue weighted by Crippen LogP contribution is -2.57. The van der Waals surface area contributed by atoms with E-state index >= 15 is 0 Å². The molecular formula is C46H59N7O5. The number of amides is 6. The Morgan fingerprint density at radius 3 is 1.88 bits per heavy atom. The molecule has 1 unspecified atom stereocenters. The van der Waals surface area contributed by atoms with Gasteiger partial charge in [0.05, 0.1) is 6.42 Å². The van der Waals surface area contributed by atoms with Crippen LogP contribution < -0.4 is 36.8 Å². The van der Waals surface area contributed by atoms with Crippen LogP contribution in [0, 0.1) is 12.8 Å². The first-order chi connectivity index (χ1) is 27.9. The van der Waals surface area contributed by atoms with E-state index in [-0.39, 0.29) is 43.0 Å². The average Bonchev–Trinajstić information content (AvgIpc) is 3.21. The molecule has 0 fully saturated rings. The second-order valence-corrected chi connectivity index (χ2v) is 14.9. The van der Waals surface area contributed by atoms with Gasteiger partial charge in [-0.2, -0.15) is 0 Å². The predicted molar refractivity (Wildman–Crippen MR) is 232 cm³/mol. The molecule has 0 aromatic heterocycles. The first kappa shape index (κ1) is 44.5. The fraction of sp³-hybridized carbons (Fsp3) is 0.370. The summed E-state index contributed by atoms with van der Waals surface area (Å²) < 4.78 is 0. The highest BCUT2D eigenvalue weighted by Crippen LogP contribution is 2.16. The average molecular weight is 790 g/mol. The van der Waals surface area contributed by atoms with E-state index in [0.717, 1.165) is 29.8 Å². The second kappa shape index (κ2) is 23.2. The van der Waals surface area contributed by atoms with Gasteiger partial charge in [0.25, 0.3) is 0 Å². The zero-order valence-corrected chi connectivity index (χ0v) is 34.3. The highest BCUT2D eigenvalue weighted by atomic mass is 16.2. The van der Waals surface area contributed by atoms with Crippen molar-refractivity contribution in [2.75, 3.05) is 35.2 Å². The van der Waals surface area contributed by atoms with Crippen molar-refractivity contribution in [3.63, 3.8) is 0 Å². The number of rotatable bonds is 21. The smallest absolute Gasteiger partial charge is 0.323 e. The third kappa shape index (κ3) is 14.7. The molecule has 308 valence electrons. The molecule has 3 atom stereocenters. The van der Waals surface area contributed by atoms with E-state index in [4.69, 9.17) is 0 Å². The largest absolute Gasteiger partial charge is 0.370 e. The van der Waals surface area contributed by atoms with Gasteiger partial charge in [0.2, 0.25) is 23.6 Å². The molecule has 0 saturated heterocycles. The van der Waals surface area contributed by atoms with Crippen LogP contribution in [0.5, 0.6) is 0 Å². The van der Waals surface area contributed by atoms with Gasteiger partial charge in [0, 0.05) is 43.1 Å². The number of para-hydroxylation sites is 2. The number of nitrogens with one attached hydrogen (secondary N) is 6. The van der Waals surface area contributed by atoms with Crippen LogP contribution in [0.25, 0.3) is 0 Å². The molecule has 4 aromatic carbocycles. The summed E-state index contributed by atoms with van der Waals surface area (Å²) in [6.07, 6.45) is 1.85. The third-order valence-electron chi connectivity index (χ3n) is 9.58. The molecule has 0 heterocycles. The lowest BCUT2D eigenvalue weighted by atomic mass is 10.0. The molecule has 4 aromatic rings. The molecule has 0 aliphatic carbocycles. The molecule has 12 nitrogen and oxygen atoms in total. The summed E-state index contributed by atoms with van der Waals surface area (Å²) in [5.74, 6) is -1.58. The van der Waals surface area contributed by atoms with Crippen LogP contribution in [-0.4, -0.2) is 67.4 Å². The summed E-state index contributed by atoms with van der Waals surface area (Å²) in [5, 5.41) is 17.2. The Balaban J connectivity index is 1.35. The molecule has 0 aliphatic heterocycles. The van der Waals surface area contributed by atoms with Gasteiger partial charge in [-0.25, -0.2) is 4.79 Å². The van der Waals surface area contributed by atoms with Crippen molar-refractivity contribution in [3.05, 3.63) is 126 Å². The molecule has 0 bridgehead atoms. The van der Waals surface area contributed by atoms with Gasteiger partial charge < -0.3 is 36.8 Å². The van der Waals surface area contributed by atoms with E-state index in [1.54, 1.807) is 31.2 Å². The van der Waals surface area contributed by atoms with Crippen LogP contribution in [0.2, 0.25) is 0 Å². The van der Waals surface area contributed by atoms with Crippen LogP contribution in [0.1, 0.15) is 63.6 Å². The monoisotopic (exact) mass is 789 g/mol.